The van der Waals surface area contributed by atoms with Gasteiger partial charge in [-0.3, -0.25) is 0 Å². The zero-order valence-electron chi connectivity index (χ0n) is 39.2. The van der Waals surface area contributed by atoms with Crippen molar-refractivity contribution in [3.8, 4) is 50.5 Å². The first-order valence-electron chi connectivity index (χ1n) is 24.2. The average molecular weight is 899 g/mol. The average Bonchev–Trinajstić information content (AvgIpc) is 3.53. The van der Waals surface area contributed by atoms with E-state index in [4.69, 9.17) is 9.97 Å². The van der Waals surface area contributed by atoms with Gasteiger partial charge in [0.2, 0.25) is 0 Å². The largest absolute Gasteiger partial charge is 0.311 e. The summed E-state index contributed by atoms with van der Waals surface area (Å²) in [6.07, 6.45) is 9.68. The minimum Gasteiger partial charge on any atom is -0.311 e. The van der Waals surface area contributed by atoms with E-state index in [0.29, 0.717) is 0 Å². The Balaban J connectivity index is 0.899. The Hall–Kier alpha value is -8.86. The molecule has 4 heteroatoms. The smallest absolute Gasteiger partial charge is 0.0973 e. The van der Waals surface area contributed by atoms with Crippen LogP contribution in [0.3, 0.4) is 0 Å². The molecule has 1 unspecified atom stereocenters. The molecule has 334 valence electrons. The molecule has 2 heterocycles. The number of para-hydroxylation sites is 4. The highest BCUT2D eigenvalue weighted by atomic mass is 15.1. The number of hydrogen-bond donors (Lipinski definition) is 0. The van der Waals surface area contributed by atoms with Gasteiger partial charge < -0.3 is 9.47 Å². The van der Waals surface area contributed by atoms with Gasteiger partial charge in [0.15, 0.2) is 0 Å². The molecule has 11 aromatic rings. The lowest BCUT2D eigenvalue weighted by Gasteiger charge is -2.26. The summed E-state index contributed by atoms with van der Waals surface area (Å²) in [5, 5.41) is 1.29. The van der Waals surface area contributed by atoms with Gasteiger partial charge in [-0.05, 0) is 137 Å². The van der Waals surface area contributed by atoms with E-state index in [1.807, 2.05) is 18.2 Å². The molecule has 4 nitrogen and oxygen atoms in total. The van der Waals surface area contributed by atoms with Crippen LogP contribution in [0.15, 0.2) is 243 Å². The highest BCUT2D eigenvalue weighted by molar-refractivity contribution is 5.92. The maximum atomic E-state index is 5.34. The van der Waals surface area contributed by atoms with Crippen molar-refractivity contribution >= 4 is 45.1 Å². The third kappa shape index (κ3) is 7.80. The molecule has 0 bridgehead atoms. The van der Waals surface area contributed by atoms with Crippen molar-refractivity contribution in [2.75, 3.05) is 4.90 Å². The van der Waals surface area contributed by atoms with Gasteiger partial charge in [0.05, 0.1) is 33.6 Å². The standard InChI is InChI=1S/C66H50N4/c1-45-44-49(36-43-54(45)58-27-15-13-25-56(58)46(2)55-24-12-14-26-57(55)47-20-6-3-7-21-47)66-65(67-61-30-17-18-31-62(61)68-66)48-34-37-51(38-35-48)69(50-22-8-4-9-23-50)52-39-41-53(42-40-52)70-63-32-11-5-10-28-59(63)60-29-16-19-33-64(60)70/h3-27,29-44,46H,28H2,1-2H3. The van der Waals surface area contributed by atoms with Gasteiger partial charge in [-0.2, -0.15) is 0 Å². The van der Waals surface area contributed by atoms with Crippen LogP contribution in [0.5, 0.6) is 0 Å². The van der Waals surface area contributed by atoms with Crippen LogP contribution in [0.1, 0.15) is 40.8 Å². The number of anilines is 3. The molecule has 70 heavy (non-hydrogen) atoms. The Morgan fingerprint density at radius 1 is 0.471 bits per heavy atom. The third-order valence-corrected chi connectivity index (χ3v) is 13.9. The summed E-state index contributed by atoms with van der Waals surface area (Å²) in [5.41, 5.74) is 22.3. The molecule has 9 aromatic carbocycles. The maximum absolute atomic E-state index is 5.34. The van der Waals surface area contributed by atoms with Crippen molar-refractivity contribution in [3.05, 3.63) is 271 Å². The number of nitrogens with zero attached hydrogens (tertiary/aromatic N) is 4. The summed E-state index contributed by atoms with van der Waals surface area (Å²) in [6, 6.07) is 80.4. The first kappa shape index (κ1) is 42.5. The fraction of sp³-hybridized carbons (Fsp3) is 0.0606. The van der Waals surface area contributed by atoms with E-state index in [0.717, 1.165) is 62.7 Å². The van der Waals surface area contributed by atoms with E-state index in [-0.39, 0.29) is 5.92 Å². The maximum Gasteiger partial charge on any atom is 0.0973 e. The molecule has 0 spiro atoms. The molecule has 1 aliphatic carbocycles. The quantitative estimate of drug-likeness (QED) is 0.137. The lowest BCUT2D eigenvalue weighted by molar-refractivity contribution is 0.927. The third-order valence-electron chi connectivity index (χ3n) is 13.9. The number of aromatic nitrogens is 3. The zero-order valence-corrected chi connectivity index (χ0v) is 39.2. The van der Waals surface area contributed by atoms with E-state index in [1.54, 1.807) is 0 Å². The molecule has 0 fully saturated rings. The zero-order chi connectivity index (χ0) is 47.0. The second kappa shape index (κ2) is 18.3. The van der Waals surface area contributed by atoms with Gasteiger partial charge >= 0.3 is 0 Å². The summed E-state index contributed by atoms with van der Waals surface area (Å²) in [7, 11) is 0. The number of allylic oxidation sites excluding steroid dienone is 3. The van der Waals surface area contributed by atoms with Crippen molar-refractivity contribution in [2.45, 2.75) is 26.2 Å². The molecule has 0 aliphatic heterocycles. The SMILES string of the molecule is Cc1cc(-c2nc3ccccc3nc2-c2ccc(N(c3ccccc3)c3ccc(-n4c5c(c6ccccc64)CC=CC=C5)cc3)cc2)ccc1-c1ccccc1C(C)c1ccccc1-c1ccccc1. The monoisotopic (exact) mass is 898 g/mol. The lowest BCUT2D eigenvalue weighted by Crippen LogP contribution is -2.10. The van der Waals surface area contributed by atoms with Crippen LogP contribution in [-0.2, 0) is 6.42 Å². The molecular formula is C66H50N4. The molecule has 1 atom stereocenters. The van der Waals surface area contributed by atoms with Crippen LogP contribution >= 0.6 is 0 Å². The van der Waals surface area contributed by atoms with Crippen LogP contribution in [0, 0.1) is 6.92 Å². The van der Waals surface area contributed by atoms with Crippen LogP contribution in [0.4, 0.5) is 17.1 Å². The van der Waals surface area contributed by atoms with Crippen LogP contribution < -0.4 is 4.90 Å². The fourth-order valence-corrected chi connectivity index (χ4v) is 10.5. The first-order valence-corrected chi connectivity index (χ1v) is 24.2. The molecule has 0 N–H and O–H groups in total. The van der Waals surface area contributed by atoms with Crippen molar-refractivity contribution < 1.29 is 0 Å². The van der Waals surface area contributed by atoms with Gasteiger partial charge in [-0.25, -0.2) is 9.97 Å². The molecule has 2 aromatic heterocycles. The predicted octanol–water partition coefficient (Wildman–Crippen LogP) is 17.3. The summed E-state index contributed by atoms with van der Waals surface area (Å²) >= 11 is 0. The molecule has 1 aliphatic rings. The molecule has 12 rings (SSSR count). The summed E-state index contributed by atoms with van der Waals surface area (Å²) in [4.78, 5) is 13.0. The highest BCUT2D eigenvalue weighted by Gasteiger charge is 2.22. The van der Waals surface area contributed by atoms with Crippen LogP contribution in [0.2, 0.25) is 0 Å². The fourth-order valence-electron chi connectivity index (χ4n) is 10.5. The van der Waals surface area contributed by atoms with E-state index < -0.39 is 0 Å². The van der Waals surface area contributed by atoms with Crippen molar-refractivity contribution in [3.63, 3.8) is 0 Å². The molecule has 0 radical (unpaired) electrons. The van der Waals surface area contributed by atoms with Crippen LogP contribution in [-0.4, -0.2) is 14.5 Å². The van der Waals surface area contributed by atoms with E-state index >= 15 is 0 Å². The van der Waals surface area contributed by atoms with Gasteiger partial charge in [0.25, 0.3) is 0 Å². The van der Waals surface area contributed by atoms with Gasteiger partial charge in [-0.15, -0.1) is 0 Å². The lowest BCUT2D eigenvalue weighted by atomic mass is 9.83. The number of aryl methyl sites for hydroxylation is 1. The van der Waals surface area contributed by atoms with Gasteiger partial charge in [0.1, 0.15) is 0 Å². The van der Waals surface area contributed by atoms with Gasteiger partial charge in [-0.1, -0.05) is 177 Å². The van der Waals surface area contributed by atoms with Crippen molar-refractivity contribution in [1.29, 1.82) is 0 Å². The topological polar surface area (TPSA) is 34.0 Å². The second-order valence-corrected chi connectivity index (χ2v) is 18.1. The number of rotatable bonds is 10. The number of fused-ring (bicyclic) bond motifs is 4. The summed E-state index contributed by atoms with van der Waals surface area (Å²) in [6.45, 7) is 4.55. The first-order chi connectivity index (χ1) is 34.6. The number of benzene rings is 9. The second-order valence-electron chi connectivity index (χ2n) is 18.1. The van der Waals surface area contributed by atoms with Crippen LogP contribution in [0.25, 0.3) is 78.5 Å². The molecule has 0 saturated heterocycles. The molecular weight excluding hydrogens is 849 g/mol. The molecule has 0 saturated carbocycles. The van der Waals surface area contributed by atoms with E-state index in [2.05, 4.69) is 254 Å². The normalized spacial score (nSPS) is 12.5. The highest BCUT2D eigenvalue weighted by Crippen LogP contribution is 2.42. The summed E-state index contributed by atoms with van der Waals surface area (Å²) in [5.74, 6) is 0.167. The van der Waals surface area contributed by atoms with Crippen molar-refractivity contribution in [1.82, 2.24) is 14.5 Å². The molecule has 0 amide bonds. The van der Waals surface area contributed by atoms with Gasteiger partial charge in [0, 0.05) is 45.2 Å². The Kier molecular flexibility index (Phi) is 11.1. The minimum atomic E-state index is 0.167. The Labute approximate surface area is 409 Å². The minimum absolute atomic E-state index is 0.167. The number of hydrogen-bond acceptors (Lipinski definition) is 3. The van der Waals surface area contributed by atoms with E-state index in [9.17, 15) is 0 Å². The Morgan fingerprint density at radius 2 is 1.03 bits per heavy atom. The Bertz CT molecular complexity index is 3750. The predicted molar refractivity (Wildman–Crippen MR) is 293 cm³/mol. The van der Waals surface area contributed by atoms with E-state index in [1.165, 1.54) is 61.1 Å². The summed E-state index contributed by atoms with van der Waals surface area (Å²) < 4.78 is 2.39. The van der Waals surface area contributed by atoms with Crippen molar-refractivity contribution in [2.24, 2.45) is 0 Å². The Morgan fingerprint density at radius 3 is 1.74 bits per heavy atom.